The molecule has 0 aliphatic carbocycles. The van der Waals surface area contributed by atoms with E-state index in [1.54, 1.807) is 0 Å². The summed E-state index contributed by atoms with van der Waals surface area (Å²) in [5.74, 6) is -0.355. The van der Waals surface area contributed by atoms with Gasteiger partial charge in [-0.05, 0) is 74.2 Å². The number of hydrogen-bond donors (Lipinski definition) is 1. The number of carbonyl (C=O) groups is 2. The van der Waals surface area contributed by atoms with Crippen molar-refractivity contribution >= 4 is 23.2 Å². The highest BCUT2D eigenvalue weighted by molar-refractivity contribution is 6.23. The van der Waals surface area contributed by atoms with Crippen molar-refractivity contribution in [3.05, 3.63) is 58.7 Å². The van der Waals surface area contributed by atoms with E-state index in [4.69, 9.17) is 0 Å². The van der Waals surface area contributed by atoms with Gasteiger partial charge in [-0.25, -0.2) is 4.90 Å². The van der Waals surface area contributed by atoms with Crippen LogP contribution in [0.2, 0.25) is 0 Å². The summed E-state index contributed by atoms with van der Waals surface area (Å²) in [7, 11) is 0. The minimum Gasteiger partial charge on any atom is -0.373 e. The van der Waals surface area contributed by atoms with E-state index in [1.165, 1.54) is 10.5 Å². The first-order valence-corrected chi connectivity index (χ1v) is 8.14. The molecule has 1 unspecified atom stereocenters. The molecule has 1 aliphatic rings. The molecule has 0 saturated carbocycles. The van der Waals surface area contributed by atoms with Crippen molar-refractivity contribution in [1.29, 1.82) is 0 Å². The monoisotopic (exact) mass is 322 g/mol. The number of nitrogens with zero attached hydrogens (tertiary/aromatic N) is 1. The molecule has 2 amide bonds. The number of hydrogen-bond acceptors (Lipinski definition) is 3. The third kappa shape index (κ3) is 2.92. The molecule has 124 valence electrons. The maximum Gasteiger partial charge on any atom is 0.256 e. The van der Waals surface area contributed by atoms with Crippen LogP contribution in [0.3, 0.4) is 0 Å². The second-order valence-corrected chi connectivity index (χ2v) is 6.54. The molecule has 4 heteroatoms. The number of nitrogens with one attached hydrogen (secondary N) is 1. The topological polar surface area (TPSA) is 49.4 Å². The average Bonchev–Trinajstić information content (AvgIpc) is 2.80. The van der Waals surface area contributed by atoms with Crippen molar-refractivity contribution in [3.8, 4) is 0 Å². The zero-order valence-electron chi connectivity index (χ0n) is 14.5. The Labute approximate surface area is 142 Å². The van der Waals surface area contributed by atoms with Crippen LogP contribution < -0.4 is 10.2 Å². The van der Waals surface area contributed by atoms with Gasteiger partial charge >= 0.3 is 0 Å². The highest BCUT2D eigenvalue weighted by atomic mass is 16.2. The lowest BCUT2D eigenvalue weighted by Crippen LogP contribution is -2.34. The van der Waals surface area contributed by atoms with Gasteiger partial charge in [0.1, 0.15) is 6.04 Å². The third-order valence-electron chi connectivity index (χ3n) is 4.74. The molecule has 1 N–H and O–H groups in total. The molecule has 2 aromatic carbocycles. The number of carbonyl (C=O) groups excluding carboxylic acids is 2. The van der Waals surface area contributed by atoms with E-state index in [0.29, 0.717) is 5.69 Å². The van der Waals surface area contributed by atoms with Crippen molar-refractivity contribution in [2.24, 2.45) is 0 Å². The first-order chi connectivity index (χ1) is 11.4. The molecule has 1 saturated heterocycles. The Hall–Kier alpha value is -2.62. The molecule has 0 radical (unpaired) electrons. The Bertz CT molecular complexity index is 826. The summed E-state index contributed by atoms with van der Waals surface area (Å²) in [5, 5.41) is 3.20. The molecule has 4 nitrogen and oxygen atoms in total. The van der Waals surface area contributed by atoms with Crippen molar-refractivity contribution < 1.29 is 9.59 Å². The van der Waals surface area contributed by atoms with E-state index in [1.807, 2.05) is 64.1 Å². The highest BCUT2D eigenvalue weighted by Crippen LogP contribution is 2.27. The summed E-state index contributed by atoms with van der Waals surface area (Å²) in [6, 6.07) is 11.1. The average molecular weight is 322 g/mol. The van der Waals surface area contributed by atoms with Gasteiger partial charge in [0, 0.05) is 5.69 Å². The molecular weight excluding hydrogens is 300 g/mol. The van der Waals surface area contributed by atoms with Crippen molar-refractivity contribution in [2.45, 2.75) is 40.2 Å². The Morgan fingerprint density at radius 1 is 0.875 bits per heavy atom. The van der Waals surface area contributed by atoms with Crippen LogP contribution in [0.15, 0.2) is 36.4 Å². The van der Waals surface area contributed by atoms with Gasteiger partial charge in [-0.2, -0.15) is 0 Å². The molecule has 0 aromatic heterocycles. The van der Waals surface area contributed by atoms with Crippen molar-refractivity contribution in [2.75, 3.05) is 10.2 Å². The Balaban J connectivity index is 1.83. The molecular formula is C20H22N2O2. The Morgan fingerprint density at radius 2 is 1.50 bits per heavy atom. The quantitative estimate of drug-likeness (QED) is 0.877. The SMILES string of the molecule is Cc1ccc(NC2CC(=O)N(c3ccc(C)c(C)c3)C2=O)cc1C. The van der Waals surface area contributed by atoms with E-state index in [9.17, 15) is 9.59 Å². The number of anilines is 2. The molecule has 0 spiro atoms. The molecule has 0 bridgehead atoms. The van der Waals surface area contributed by atoms with Crippen LogP contribution in [0, 0.1) is 27.7 Å². The summed E-state index contributed by atoms with van der Waals surface area (Å²) in [4.78, 5) is 26.4. The fourth-order valence-electron chi connectivity index (χ4n) is 2.91. The predicted molar refractivity (Wildman–Crippen MR) is 96.4 cm³/mol. The standard InChI is InChI=1S/C20H22N2O2/c1-12-5-7-16(9-14(12)3)21-18-11-19(23)22(20(18)24)17-8-6-13(2)15(4)10-17/h5-10,18,21H,11H2,1-4H3. The van der Waals surface area contributed by atoms with Gasteiger partial charge in [0.2, 0.25) is 5.91 Å². The molecule has 2 aromatic rings. The van der Waals surface area contributed by atoms with Gasteiger partial charge in [0.05, 0.1) is 12.1 Å². The molecule has 1 aliphatic heterocycles. The van der Waals surface area contributed by atoms with Crippen molar-refractivity contribution in [1.82, 2.24) is 0 Å². The zero-order valence-corrected chi connectivity index (χ0v) is 14.5. The van der Waals surface area contributed by atoms with Crippen LogP contribution in [0.4, 0.5) is 11.4 Å². The Morgan fingerprint density at radius 3 is 2.12 bits per heavy atom. The van der Waals surface area contributed by atoms with Crippen LogP contribution in [-0.2, 0) is 9.59 Å². The van der Waals surface area contributed by atoms with Crippen LogP contribution >= 0.6 is 0 Å². The first kappa shape index (κ1) is 16.2. The number of aryl methyl sites for hydroxylation is 4. The lowest BCUT2D eigenvalue weighted by molar-refractivity contribution is -0.121. The van der Waals surface area contributed by atoms with Gasteiger partial charge in [-0.3, -0.25) is 9.59 Å². The van der Waals surface area contributed by atoms with E-state index in [2.05, 4.69) is 5.32 Å². The minimum absolute atomic E-state index is 0.162. The van der Waals surface area contributed by atoms with Crippen LogP contribution in [0.5, 0.6) is 0 Å². The van der Waals surface area contributed by atoms with E-state index < -0.39 is 6.04 Å². The summed E-state index contributed by atoms with van der Waals surface area (Å²) in [6.45, 7) is 8.07. The largest absolute Gasteiger partial charge is 0.373 e. The van der Waals surface area contributed by atoms with E-state index in [-0.39, 0.29) is 18.2 Å². The lowest BCUT2D eigenvalue weighted by Gasteiger charge is -2.17. The number of amides is 2. The van der Waals surface area contributed by atoms with Crippen molar-refractivity contribution in [3.63, 3.8) is 0 Å². The third-order valence-corrected chi connectivity index (χ3v) is 4.74. The smallest absolute Gasteiger partial charge is 0.256 e. The number of benzene rings is 2. The van der Waals surface area contributed by atoms with Gasteiger partial charge in [-0.15, -0.1) is 0 Å². The lowest BCUT2D eigenvalue weighted by atomic mass is 10.1. The maximum atomic E-state index is 12.7. The second kappa shape index (κ2) is 6.11. The normalized spacial score (nSPS) is 17.5. The molecule has 1 atom stereocenters. The molecule has 3 rings (SSSR count). The maximum absolute atomic E-state index is 12.7. The predicted octanol–water partition coefficient (Wildman–Crippen LogP) is 3.66. The van der Waals surface area contributed by atoms with Crippen LogP contribution in [0.25, 0.3) is 0 Å². The van der Waals surface area contributed by atoms with Gasteiger partial charge < -0.3 is 5.32 Å². The molecule has 24 heavy (non-hydrogen) atoms. The summed E-state index contributed by atoms with van der Waals surface area (Å²) >= 11 is 0. The van der Waals surface area contributed by atoms with Gasteiger partial charge in [0.25, 0.3) is 5.91 Å². The summed E-state index contributed by atoms with van der Waals surface area (Å²) in [5.41, 5.74) is 6.08. The first-order valence-electron chi connectivity index (χ1n) is 8.14. The van der Waals surface area contributed by atoms with E-state index in [0.717, 1.165) is 22.4 Å². The second-order valence-electron chi connectivity index (χ2n) is 6.54. The summed E-state index contributed by atoms with van der Waals surface area (Å²) in [6.07, 6.45) is 0.179. The van der Waals surface area contributed by atoms with E-state index >= 15 is 0 Å². The highest BCUT2D eigenvalue weighted by Gasteiger charge is 2.39. The summed E-state index contributed by atoms with van der Waals surface area (Å²) < 4.78 is 0. The van der Waals surface area contributed by atoms with Gasteiger partial charge in [-0.1, -0.05) is 12.1 Å². The minimum atomic E-state index is -0.513. The fourth-order valence-corrected chi connectivity index (χ4v) is 2.91. The zero-order chi connectivity index (χ0) is 17.4. The van der Waals surface area contributed by atoms with Gasteiger partial charge in [0.15, 0.2) is 0 Å². The molecule has 1 heterocycles. The Kier molecular flexibility index (Phi) is 4.14. The molecule has 1 fully saturated rings. The fraction of sp³-hybridized carbons (Fsp3) is 0.300. The van der Waals surface area contributed by atoms with Crippen LogP contribution in [0.1, 0.15) is 28.7 Å². The number of rotatable bonds is 3. The number of imide groups is 1. The van der Waals surface area contributed by atoms with Crippen LogP contribution in [-0.4, -0.2) is 17.9 Å².